The van der Waals surface area contributed by atoms with Gasteiger partial charge in [0.2, 0.25) is 0 Å². The van der Waals surface area contributed by atoms with Crippen molar-refractivity contribution in [3.63, 3.8) is 0 Å². The van der Waals surface area contributed by atoms with E-state index in [9.17, 15) is 9.90 Å². The van der Waals surface area contributed by atoms with E-state index >= 15 is 0 Å². The first-order valence-corrected chi connectivity index (χ1v) is 3.54. The average Bonchev–Trinajstić information content (AvgIpc) is 1.96. The number of carboxylic acid groups (broad SMARTS) is 1. The molecule has 0 amide bonds. The van der Waals surface area contributed by atoms with E-state index in [0.29, 0.717) is 0 Å². The Morgan fingerprint density at radius 3 is 2.67 bits per heavy atom. The van der Waals surface area contributed by atoms with Crippen LogP contribution in [0.4, 0.5) is 0 Å². The standard InChI is InChI=1S/C6H3Cl2NO3/c7-3-1-2(6(11)12)4(10)5(8)9-3/h1,10H,(H,11,12)/p-1. The van der Waals surface area contributed by atoms with Gasteiger partial charge in [-0.1, -0.05) is 29.0 Å². The number of hydrogen-bond donors (Lipinski definition) is 1. The maximum Gasteiger partial charge on any atom is 0.335 e. The van der Waals surface area contributed by atoms with Gasteiger partial charge in [0.25, 0.3) is 0 Å². The van der Waals surface area contributed by atoms with Crippen LogP contribution in [0.5, 0.6) is 5.75 Å². The Morgan fingerprint density at radius 1 is 1.58 bits per heavy atom. The maximum atomic E-state index is 10.9. The first-order valence-electron chi connectivity index (χ1n) is 2.78. The van der Waals surface area contributed by atoms with Crippen LogP contribution < -0.4 is 5.11 Å². The Hall–Kier alpha value is -1.00. The van der Waals surface area contributed by atoms with Gasteiger partial charge in [-0.3, -0.25) is 0 Å². The summed E-state index contributed by atoms with van der Waals surface area (Å²) in [5, 5.41) is 18.9. The third kappa shape index (κ3) is 1.60. The summed E-state index contributed by atoms with van der Waals surface area (Å²) in [5.74, 6) is -2.19. The molecular formula is C6H2Cl2NO3-. The predicted octanol–water partition coefficient (Wildman–Crippen LogP) is 1.16. The molecule has 1 aromatic heterocycles. The van der Waals surface area contributed by atoms with Gasteiger partial charge < -0.3 is 10.2 Å². The Kier molecular flexibility index (Phi) is 2.40. The fourth-order valence-electron chi connectivity index (χ4n) is 0.631. The van der Waals surface area contributed by atoms with E-state index in [0.717, 1.165) is 6.07 Å². The van der Waals surface area contributed by atoms with Crippen LogP contribution in [0.1, 0.15) is 10.4 Å². The molecule has 0 bridgehead atoms. The highest BCUT2D eigenvalue weighted by Crippen LogP contribution is 2.25. The van der Waals surface area contributed by atoms with Crippen molar-refractivity contribution in [2.75, 3.05) is 0 Å². The molecule has 0 radical (unpaired) electrons. The lowest BCUT2D eigenvalue weighted by atomic mass is 10.2. The Labute approximate surface area is 77.4 Å². The SMILES string of the molecule is O=C(O)c1cc(Cl)nc(Cl)c1[O-]. The minimum absolute atomic E-state index is 0.114. The van der Waals surface area contributed by atoms with Crippen molar-refractivity contribution in [3.05, 3.63) is 21.9 Å². The lowest BCUT2D eigenvalue weighted by molar-refractivity contribution is -0.269. The second-order valence-corrected chi connectivity index (χ2v) is 2.66. The average molecular weight is 207 g/mol. The molecule has 12 heavy (non-hydrogen) atoms. The Morgan fingerprint density at radius 2 is 2.17 bits per heavy atom. The summed E-state index contributed by atoms with van der Waals surface area (Å²) < 4.78 is 0. The van der Waals surface area contributed by atoms with Crippen LogP contribution in [0.25, 0.3) is 0 Å². The molecule has 0 aromatic carbocycles. The number of carbonyl (C=O) groups is 1. The molecular weight excluding hydrogens is 205 g/mol. The number of rotatable bonds is 1. The van der Waals surface area contributed by atoms with Crippen molar-refractivity contribution in [1.29, 1.82) is 0 Å². The molecule has 4 nitrogen and oxygen atoms in total. The van der Waals surface area contributed by atoms with Crippen LogP contribution in [-0.4, -0.2) is 16.1 Å². The second-order valence-electron chi connectivity index (χ2n) is 1.92. The molecule has 1 rings (SSSR count). The molecule has 0 saturated carbocycles. The van der Waals surface area contributed by atoms with Crippen molar-refractivity contribution in [2.24, 2.45) is 0 Å². The van der Waals surface area contributed by atoms with Crippen molar-refractivity contribution in [2.45, 2.75) is 0 Å². The molecule has 0 atom stereocenters. The van der Waals surface area contributed by atoms with E-state index in [1.54, 1.807) is 0 Å². The summed E-state index contributed by atoms with van der Waals surface area (Å²) in [6.45, 7) is 0. The van der Waals surface area contributed by atoms with Crippen molar-refractivity contribution in [3.8, 4) is 5.75 Å². The summed E-state index contributed by atoms with van der Waals surface area (Å²) >= 11 is 10.7. The summed E-state index contributed by atoms with van der Waals surface area (Å²) in [6.07, 6.45) is 0. The molecule has 0 spiro atoms. The zero-order valence-electron chi connectivity index (χ0n) is 5.54. The van der Waals surface area contributed by atoms with E-state index in [1.165, 1.54) is 0 Å². The molecule has 6 heteroatoms. The molecule has 1 heterocycles. The molecule has 0 saturated heterocycles. The van der Waals surface area contributed by atoms with Crippen molar-refractivity contribution < 1.29 is 15.0 Å². The van der Waals surface area contributed by atoms with Crippen LogP contribution in [0.3, 0.4) is 0 Å². The van der Waals surface area contributed by atoms with Crippen LogP contribution in [0.2, 0.25) is 10.3 Å². The number of hydrogen-bond acceptors (Lipinski definition) is 3. The lowest BCUT2D eigenvalue weighted by Crippen LogP contribution is -2.05. The van der Waals surface area contributed by atoms with Gasteiger partial charge in [-0.2, -0.15) is 0 Å². The highest BCUT2D eigenvalue weighted by molar-refractivity contribution is 6.34. The maximum absolute atomic E-state index is 10.9. The number of aromatic carboxylic acids is 1. The van der Waals surface area contributed by atoms with Gasteiger partial charge in [0, 0.05) is 0 Å². The normalized spacial score (nSPS) is 9.83. The predicted molar refractivity (Wildman–Crippen MR) is 40.7 cm³/mol. The summed E-state index contributed by atoms with van der Waals surface area (Å²) in [7, 11) is 0. The van der Waals surface area contributed by atoms with E-state index in [-0.39, 0.29) is 5.15 Å². The number of nitrogens with zero attached hydrogens (tertiary/aromatic N) is 1. The zero-order valence-corrected chi connectivity index (χ0v) is 7.06. The minimum atomic E-state index is -1.37. The summed E-state index contributed by atoms with van der Waals surface area (Å²) in [4.78, 5) is 13.8. The van der Waals surface area contributed by atoms with Crippen LogP contribution in [0.15, 0.2) is 6.07 Å². The quantitative estimate of drug-likeness (QED) is 0.701. The fourth-order valence-corrected chi connectivity index (χ4v) is 1.06. The molecule has 0 aliphatic heterocycles. The molecule has 1 aromatic rings. The highest BCUT2D eigenvalue weighted by Gasteiger charge is 2.08. The monoisotopic (exact) mass is 206 g/mol. The molecule has 64 valence electrons. The van der Waals surface area contributed by atoms with E-state index in [2.05, 4.69) is 4.98 Å². The third-order valence-corrected chi connectivity index (χ3v) is 1.58. The van der Waals surface area contributed by atoms with Gasteiger partial charge >= 0.3 is 5.97 Å². The molecule has 0 aliphatic carbocycles. The molecule has 0 fully saturated rings. The van der Waals surface area contributed by atoms with Gasteiger partial charge in [0.05, 0.1) is 5.56 Å². The van der Waals surface area contributed by atoms with Crippen LogP contribution >= 0.6 is 23.2 Å². The molecule has 0 aliphatic rings. The second kappa shape index (κ2) is 3.16. The van der Waals surface area contributed by atoms with Gasteiger partial charge in [-0.05, 0) is 6.07 Å². The Bertz CT molecular complexity index is 340. The zero-order chi connectivity index (χ0) is 9.30. The molecule has 0 unspecified atom stereocenters. The van der Waals surface area contributed by atoms with E-state index in [1.807, 2.05) is 0 Å². The fraction of sp³-hybridized carbons (Fsp3) is 0. The highest BCUT2D eigenvalue weighted by atomic mass is 35.5. The van der Waals surface area contributed by atoms with Crippen LogP contribution in [-0.2, 0) is 0 Å². The first kappa shape index (κ1) is 9.09. The minimum Gasteiger partial charge on any atom is -0.870 e. The van der Waals surface area contributed by atoms with Gasteiger partial charge in [0.1, 0.15) is 10.3 Å². The molecule has 1 N–H and O–H groups in total. The van der Waals surface area contributed by atoms with E-state index in [4.69, 9.17) is 28.3 Å². The Balaban J connectivity index is 3.37. The van der Waals surface area contributed by atoms with Crippen molar-refractivity contribution in [1.82, 2.24) is 4.98 Å². The summed E-state index contributed by atoms with van der Waals surface area (Å²) in [5.41, 5.74) is -0.472. The lowest BCUT2D eigenvalue weighted by Gasteiger charge is -2.10. The number of aromatic nitrogens is 1. The van der Waals surface area contributed by atoms with Crippen LogP contribution in [0, 0.1) is 0 Å². The van der Waals surface area contributed by atoms with Gasteiger partial charge in [-0.25, -0.2) is 9.78 Å². The van der Waals surface area contributed by atoms with E-state index < -0.39 is 22.4 Å². The first-order chi connectivity index (χ1) is 5.52. The third-order valence-electron chi connectivity index (χ3n) is 1.13. The smallest absolute Gasteiger partial charge is 0.335 e. The van der Waals surface area contributed by atoms with Gasteiger partial charge in [-0.15, -0.1) is 0 Å². The van der Waals surface area contributed by atoms with Crippen molar-refractivity contribution >= 4 is 29.2 Å². The topological polar surface area (TPSA) is 73.2 Å². The number of carboxylic acids is 1. The summed E-state index contributed by atoms with van der Waals surface area (Å²) in [6, 6.07) is 0.956. The van der Waals surface area contributed by atoms with Gasteiger partial charge in [0.15, 0.2) is 0 Å². The number of halogens is 2. The largest absolute Gasteiger partial charge is 0.870 e. The number of pyridine rings is 1.